The van der Waals surface area contributed by atoms with E-state index in [1.165, 1.54) is 0 Å². The zero-order chi connectivity index (χ0) is 10.5. The van der Waals surface area contributed by atoms with Gasteiger partial charge in [0.25, 0.3) is 0 Å². The van der Waals surface area contributed by atoms with Crippen molar-refractivity contribution in [2.24, 2.45) is 12.5 Å². The van der Waals surface area contributed by atoms with E-state index in [4.69, 9.17) is 14.0 Å². The lowest BCUT2D eigenvalue weighted by molar-refractivity contribution is -0.120. The Hall–Kier alpha value is -0.915. The summed E-state index contributed by atoms with van der Waals surface area (Å²) in [7, 11) is 1.80. The zero-order valence-corrected chi connectivity index (χ0v) is 8.84. The number of nitrogens with zero attached hydrogens (tertiary/aromatic N) is 3. The van der Waals surface area contributed by atoms with E-state index in [0.717, 1.165) is 5.59 Å². The summed E-state index contributed by atoms with van der Waals surface area (Å²) in [6.45, 7) is 2.29. The van der Waals surface area contributed by atoms with Gasteiger partial charge in [-0.05, 0) is 5.59 Å². The van der Waals surface area contributed by atoms with Crippen LogP contribution in [0.2, 0.25) is 0 Å². The molecule has 0 saturated carbocycles. The minimum Gasteiger partial charge on any atom is -0.539 e. The Kier molecular flexibility index (Phi) is 1.75. The minimum absolute atomic E-state index is 0.00444. The Balaban J connectivity index is 1.97. The van der Waals surface area contributed by atoms with E-state index in [-0.39, 0.29) is 5.41 Å². The molecule has 4 heterocycles. The molecule has 4 rings (SSSR count). The summed E-state index contributed by atoms with van der Waals surface area (Å²) >= 11 is 0. The van der Waals surface area contributed by atoms with E-state index in [9.17, 15) is 0 Å². The van der Waals surface area contributed by atoms with Gasteiger partial charge in [-0.2, -0.15) is 0 Å². The maximum Gasteiger partial charge on any atom is 0.428 e. The number of hydrogen-bond acceptors (Lipinski definition) is 5. The number of hydrogen-bond donors (Lipinski definition) is 0. The van der Waals surface area contributed by atoms with Crippen LogP contribution in [0.4, 0.5) is 0 Å². The molecule has 0 unspecified atom stereocenters. The third-order valence-corrected chi connectivity index (χ3v) is 3.07. The van der Waals surface area contributed by atoms with Crippen molar-refractivity contribution >= 4 is 12.3 Å². The fraction of sp³-hybridized carbons (Fsp3) is 0.750. The van der Waals surface area contributed by atoms with Crippen LogP contribution in [0.15, 0.2) is 6.20 Å². The summed E-state index contributed by atoms with van der Waals surface area (Å²) in [6, 6.07) is 0. The quantitative estimate of drug-likeness (QED) is 0.559. The third-order valence-electron chi connectivity index (χ3n) is 3.07. The van der Waals surface area contributed by atoms with Crippen LogP contribution in [0.1, 0.15) is 6.92 Å². The average molecular weight is 210 g/mol. The molecule has 0 amide bonds. The summed E-state index contributed by atoms with van der Waals surface area (Å²) in [5.41, 5.74) is 0.756. The van der Waals surface area contributed by atoms with E-state index in [1.54, 1.807) is 17.9 Å². The second-order valence-corrected chi connectivity index (χ2v) is 4.67. The Labute approximate surface area is 87.5 Å². The zero-order valence-electron chi connectivity index (χ0n) is 8.84. The van der Waals surface area contributed by atoms with Gasteiger partial charge in [-0.15, -0.1) is 5.10 Å². The van der Waals surface area contributed by atoms with Gasteiger partial charge < -0.3 is 14.0 Å². The molecular formula is C8H13BN3O3-. The van der Waals surface area contributed by atoms with Crippen molar-refractivity contribution in [3.8, 4) is 0 Å². The number of fused-ring (bicyclic) bond motifs is 3. The number of rotatable bonds is 1. The van der Waals surface area contributed by atoms with Crippen molar-refractivity contribution in [1.29, 1.82) is 0 Å². The molecule has 7 heteroatoms. The summed E-state index contributed by atoms with van der Waals surface area (Å²) < 4.78 is 18.8. The molecule has 0 aliphatic carbocycles. The second kappa shape index (κ2) is 2.81. The van der Waals surface area contributed by atoms with Gasteiger partial charge in [-0.3, -0.25) is 4.68 Å². The standard InChI is InChI=1S/C8H13BN3O3/c1-8-4-13-9(14-5-8,15-6-8)7-3-10-11-12(7)2/h3H,4-6H2,1-2H3/q-1. The van der Waals surface area contributed by atoms with Gasteiger partial charge in [0.1, 0.15) is 0 Å². The highest BCUT2D eigenvalue weighted by Crippen LogP contribution is 2.34. The molecule has 0 spiro atoms. The average Bonchev–Trinajstić information content (AvgIpc) is 2.67. The Morgan fingerprint density at radius 3 is 2.40 bits per heavy atom. The van der Waals surface area contributed by atoms with Crippen LogP contribution in [0.5, 0.6) is 0 Å². The largest absolute Gasteiger partial charge is 0.539 e. The van der Waals surface area contributed by atoms with Gasteiger partial charge in [-0.1, -0.05) is 12.1 Å². The highest BCUT2D eigenvalue weighted by Gasteiger charge is 2.48. The summed E-state index contributed by atoms with van der Waals surface area (Å²) in [5, 5.41) is 7.67. The highest BCUT2D eigenvalue weighted by atomic mass is 16.8. The van der Waals surface area contributed by atoms with Crippen LogP contribution < -0.4 is 5.59 Å². The van der Waals surface area contributed by atoms with Gasteiger partial charge in [0, 0.05) is 38.5 Å². The SMILES string of the molecule is Cn1nncc1[B-]12OCC(C)(CO1)CO2. The molecule has 6 nitrogen and oxygen atoms in total. The molecule has 0 radical (unpaired) electrons. The van der Waals surface area contributed by atoms with Gasteiger partial charge in [0.15, 0.2) is 0 Å². The highest BCUT2D eigenvalue weighted by molar-refractivity contribution is 6.75. The van der Waals surface area contributed by atoms with Crippen LogP contribution in [0.25, 0.3) is 0 Å². The summed E-state index contributed by atoms with van der Waals surface area (Å²) in [4.78, 5) is 0. The molecule has 3 fully saturated rings. The van der Waals surface area contributed by atoms with Crippen LogP contribution in [0.3, 0.4) is 0 Å². The van der Waals surface area contributed by atoms with Crippen LogP contribution in [-0.4, -0.2) is 41.6 Å². The fourth-order valence-corrected chi connectivity index (χ4v) is 2.08. The third kappa shape index (κ3) is 1.23. The van der Waals surface area contributed by atoms with Gasteiger partial charge >= 0.3 is 6.75 Å². The monoisotopic (exact) mass is 210 g/mol. The van der Waals surface area contributed by atoms with Crippen molar-refractivity contribution in [3.63, 3.8) is 0 Å². The van der Waals surface area contributed by atoms with E-state index in [1.807, 2.05) is 0 Å². The molecule has 0 aromatic carbocycles. The Bertz CT molecular complexity index is 370. The first-order chi connectivity index (χ1) is 7.14. The summed E-state index contributed by atoms with van der Waals surface area (Å²) in [5.74, 6) is 0. The first-order valence-electron chi connectivity index (χ1n) is 5.04. The molecule has 15 heavy (non-hydrogen) atoms. The lowest BCUT2D eigenvalue weighted by Gasteiger charge is -2.57. The van der Waals surface area contributed by atoms with Crippen molar-refractivity contribution in [2.75, 3.05) is 19.8 Å². The van der Waals surface area contributed by atoms with Crippen molar-refractivity contribution in [2.45, 2.75) is 6.92 Å². The van der Waals surface area contributed by atoms with Gasteiger partial charge in [0.05, 0.1) is 0 Å². The lowest BCUT2D eigenvalue weighted by atomic mass is 9.68. The van der Waals surface area contributed by atoms with Crippen LogP contribution in [0, 0.1) is 5.41 Å². The number of aromatic nitrogens is 3. The molecule has 3 saturated heterocycles. The van der Waals surface area contributed by atoms with Crippen molar-refractivity contribution in [3.05, 3.63) is 6.20 Å². The van der Waals surface area contributed by atoms with Gasteiger partial charge in [-0.25, -0.2) is 0 Å². The van der Waals surface area contributed by atoms with Crippen molar-refractivity contribution < 1.29 is 14.0 Å². The van der Waals surface area contributed by atoms with E-state index in [0.29, 0.717) is 19.8 Å². The minimum atomic E-state index is -1.80. The van der Waals surface area contributed by atoms with Crippen molar-refractivity contribution in [1.82, 2.24) is 15.0 Å². The first-order valence-corrected chi connectivity index (χ1v) is 5.04. The maximum atomic E-state index is 5.71. The predicted molar refractivity (Wildman–Crippen MR) is 52.4 cm³/mol. The molecule has 1 aromatic rings. The fourth-order valence-electron chi connectivity index (χ4n) is 2.08. The molecule has 2 bridgehead atoms. The molecule has 82 valence electrons. The van der Waals surface area contributed by atoms with Crippen LogP contribution >= 0.6 is 0 Å². The predicted octanol–water partition coefficient (Wildman–Crippen LogP) is -0.956. The van der Waals surface area contributed by atoms with E-state index >= 15 is 0 Å². The van der Waals surface area contributed by atoms with Gasteiger partial charge in [0.2, 0.25) is 0 Å². The number of aryl methyl sites for hydroxylation is 1. The topological polar surface area (TPSA) is 58.4 Å². The first kappa shape index (κ1) is 9.32. The van der Waals surface area contributed by atoms with Crippen LogP contribution in [-0.2, 0) is 21.0 Å². The Morgan fingerprint density at radius 1 is 1.33 bits per heavy atom. The van der Waals surface area contributed by atoms with E-state index in [2.05, 4.69) is 17.2 Å². The summed E-state index contributed by atoms with van der Waals surface area (Å²) in [6.07, 6.45) is 1.63. The second-order valence-electron chi connectivity index (χ2n) is 4.67. The smallest absolute Gasteiger partial charge is 0.428 e. The van der Waals surface area contributed by atoms with E-state index < -0.39 is 6.75 Å². The molecule has 0 N–H and O–H groups in total. The molecule has 0 atom stereocenters. The Morgan fingerprint density at radius 2 is 1.93 bits per heavy atom. The molecule has 1 aromatic heterocycles. The molecule has 3 aliphatic rings. The molecular weight excluding hydrogens is 197 g/mol. The lowest BCUT2D eigenvalue weighted by Crippen LogP contribution is -2.70. The normalized spacial score (nSPS) is 39.6. The maximum absolute atomic E-state index is 5.71. The molecule has 3 aliphatic heterocycles.